The molecule has 0 unspecified atom stereocenters. The molecule has 0 saturated heterocycles. The van der Waals surface area contributed by atoms with E-state index in [1.807, 2.05) is 0 Å². The van der Waals surface area contributed by atoms with Gasteiger partial charge in [0.15, 0.2) is 17.3 Å². The van der Waals surface area contributed by atoms with E-state index in [-0.39, 0.29) is 27.9 Å². The summed E-state index contributed by atoms with van der Waals surface area (Å²) in [5.41, 5.74) is 0.966. The summed E-state index contributed by atoms with van der Waals surface area (Å²) in [6, 6.07) is 15.0. The first-order valence-electron chi connectivity index (χ1n) is 9.31. The predicted molar refractivity (Wildman–Crippen MR) is 118 cm³/mol. The topological polar surface area (TPSA) is 88.1 Å². The number of benzene rings is 3. The maximum atomic E-state index is 12.7. The van der Waals surface area contributed by atoms with Crippen LogP contribution in [0, 0.1) is 0 Å². The summed E-state index contributed by atoms with van der Waals surface area (Å²) in [5.74, 6) is 1.03. The van der Waals surface area contributed by atoms with Crippen molar-refractivity contribution < 1.29 is 31.6 Å². The molecule has 3 aromatic carbocycles. The Balaban J connectivity index is 1.58. The molecule has 9 heteroatoms. The highest BCUT2D eigenvalue weighted by atomic mass is 35.5. The van der Waals surface area contributed by atoms with Gasteiger partial charge in [-0.25, -0.2) is 0 Å². The van der Waals surface area contributed by atoms with Crippen molar-refractivity contribution in [1.82, 2.24) is 0 Å². The van der Waals surface area contributed by atoms with Crippen LogP contribution in [-0.4, -0.2) is 28.4 Å². The molecular weight excluding hydrogens is 456 g/mol. The summed E-state index contributed by atoms with van der Waals surface area (Å²) in [6.07, 6.45) is 1.56. The largest absolute Gasteiger partial charge is 0.493 e. The van der Waals surface area contributed by atoms with Gasteiger partial charge in [-0.1, -0.05) is 17.7 Å². The normalized spacial score (nSPS) is 14.1. The van der Waals surface area contributed by atoms with E-state index in [4.69, 9.17) is 30.0 Å². The summed E-state index contributed by atoms with van der Waals surface area (Å²) in [5, 5.41) is 0.405. The summed E-state index contributed by atoms with van der Waals surface area (Å²) in [7, 11) is -1.03. The Bertz CT molecular complexity index is 1330. The lowest BCUT2D eigenvalue weighted by Gasteiger charge is -2.08. The smallest absolute Gasteiger partial charge is 0.339 e. The van der Waals surface area contributed by atoms with E-state index < -0.39 is 10.1 Å². The highest BCUT2D eigenvalue weighted by Gasteiger charge is 2.29. The first kappa shape index (κ1) is 21.7. The van der Waals surface area contributed by atoms with Gasteiger partial charge in [0.25, 0.3) is 0 Å². The number of hydrogen-bond acceptors (Lipinski definition) is 7. The highest BCUT2D eigenvalue weighted by Crippen LogP contribution is 2.36. The van der Waals surface area contributed by atoms with Crippen molar-refractivity contribution in [3.05, 3.63) is 82.6 Å². The molecule has 0 atom stereocenters. The number of Topliss-reactive ketones (excluding diaryl/α,β-unsaturated/α-hetero) is 1. The van der Waals surface area contributed by atoms with Gasteiger partial charge in [0.05, 0.1) is 19.8 Å². The average Bonchev–Trinajstić information content (AvgIpc) is 3.08. The summed E-state index contributed by atoms with van der Waals surface area (Å²) in [4.78, 5) is 12.7. The minimum atomic E-state index is -4.08. The van der Waals surface area contributed by atoms with Crippen LogP contribution in [-0.2, 0) is 10.1 Å². The average molecular weight is 473 g/mol. The number of fused-ring (bicyclic) bond motifs is 1. The number of halogens is 1. The molecule has 0 bridgehead atoms. The Hall–Kier alpha value is -3.49. The highest BCUT2D eigenvalue weighted by molar-refractivity contribution is 7.87. The van der Waals surface area contributed by atoms with E-state index >= 15 is 0 Å². The molecular formula is C23H17ClO7S. The molecule has 32 heavy (non-hydrogen) atoms. The molecule has 0 N–H and O–H groups in total. The number of ether oxygens (including phenoxy) is 3. The molecule has 0 spiro atoms. The first-order chi connectivity index (χ1) is 15.3. The van der Waals surface area contributed by atoms with E-state index in [0.29, 0.717) is 27.6 Å². The van der Waals surface area contributed by atoms with Crippen molar-refractivity contribution >= 4 is 33.6 Å². The molecule has 0 aliphatic carbocycles. The minimum Gasteiger partial charge on any atom is -0.493 e. The second-order valence-electron chi connectivity index (χ2n) is 6.70. The van der Waals surface area contributed by atoms with Crippen LogP contribution in [0.15, 0.2) is 71.3 Å². The van der Waals surface area contributed by atoms with Crippen LogP contribution in [0.1, 0.15) is 15.9 Å². The van der Waals surface area contributed by atoms with Crippen LogP contribution >= 0.6 is 11.6 Å². The first-order valence-corrected chi connectivity index (χ1v) is 11.1. The Morgan fingerprint density at radius 2 is 1.62 bits per heavy atom. The quantitative estimate of drug-likeness (QED) is 0.378. The molecule has 0 amide bonds. The summed E-state index contributed by atoms with van der Waals surface area (Å²) in [6.45, 7) is 0. The van der Waals surface area contributed by atoms with Gasteiger partial charge in [-0.2, -0.15) is 8.42 Å². The van der Waals surface area contributed by atoms with Crippen molar-refractivity contribution in [2.24, 2.45) is 0 Å². The number of rotatable bonds is 6. The van der Waals surface area contributed by atoms with Crippen molar-refractivity contribution in [1.29, 1.82) is 0 Å². The number of allylic oxidation sites excluding steroid dienone is 1. The zero-order chi connectivity index (χ0) is 22.9. The number of methoxy groups -OCH3 is 2. The van der Waals surface area contributed by atoms with E-state index in [1.54, 1.807) is 24.3 Å². The van der Waals surface area contributed by atoms with Gasteiger partial charge >= 0.3 is 10.1 Å². The third-order valence-electron chi connectivity index (χ3n) is 4.66. The Morgan fingerprint density at radius 3 is 2.31 bits per heavy atom. The molecule has 0 saturated carbocycles. The lowest BCUT2D eigenvalue weighted by Crippen LogP contribution is -2.09. The molecule has 164 valence electrons. The fourth-order valence-electron chi connectivity index (χ4n) is 3.09. The van der Waals surface area contributed by atoms with Gasteiger partial charge in [-0.3, -0.25) is 4.79 Å². The van der Waals surface area contributed by atoms with Gasteiger partial charge < -0.3 is 18.4 Å². The second kappa shape index (κ2) is 8.57. The lowest BCUT2D eigenvalue weighted by molar-refractivity contribution is 0.101. The lowest BCUT2D eigenvalue weighted by atomic mass is 10.1. The maximum Gasteiger partial charge on any atom is 0.339 e. The van der Waals surface area contributed by atoms with Gasteiger partial charge in [-0.05, 0) is 60.2 Å². The Kier molecular flexibility index (Phi) is 5.82. The molecule has 3 aromatic rings. The van der Waals surface area contributed by atoms with E-state index in [0.717, 1.165) is 0 Å². The molecule has 1 aliphatic rings. The van der Waals surface area contributed by atoms with Crippen LogP contribution in [0.5, 0.6) is 23.0 Å². The fourth-order valence-corrected chi connectivity index (χ4v) is 4.14. The van der Waals surface area contributed by atoms with Crippen LogP contribution in [0.25, 0.3) is 6.08 Å². The monoisotopic (exact) mass is 472 g/mol. The molecule has 1 aliphatic heterocycles. The van der Waals surface area contributed by atoms with Crippen LogP contribution in [0.3, 0.4) is 0 Å². The molecule has 7 nitrogen and oxygen atoms in total. The van der Waals surface area contributed by atoms with Crippen LogP contribution in [0.4, 0.5) is 0 Å². The summed E-state index contributed by atoms with van der Waals surface area (Å²) < 4.78 is 46.3. The zero-order valence-corrected chi connectivity index (χ0v) is 18.6. The van der Waals surface area contributed by atoms with Crippen molar-refractivity contribution in [3.8, 4) is 23.0 Å². The predicted octanol–water partition coefficient (Wildman–Crippen LogP) is 4.74. The van der Waals surface area contributed by atoms with Gasteiger partial charge in [0.1, 0.15) is 16.4 Å². The maximum absolute atomic E-state index is 12.7. The van der Waals surface area contributed by atoms with Crippen molar-refractivity contribution in [2.45, 2.75) is 4.90 Å². The third-order valence-corrected chi connectivity index (χ3v) is 6.17. The van der Waals surface area contributed by atoms with E-state index in [1.165, 1.54) is 56.7 Å². The fraction of sp³-hybridized carbons (Fsp3) is 0.0870. The number of carbonyl (C=O) groups is 1. The zero-order valence-electron chi connectivity index (χ0n) is 17.0. The van der Waals surface area contributed by atoms with E-state index in [9.17, 15) is 13.2 Å². The Labute approximate surface area is 189 Å². The second-order valence-corrected chi connectivity index (χ2v) is 8.69. The number of ketones is 1. The molecule has 0 fully saturated rings. The molecule has 0 radical (unpaired) electrons. The van der Waals surface area contributed by atoms with Crippen LogP contribution in [0.2, 0.25) is 5.02 Å². The molecule has 0 aromatic heterocycles. The number of hydrogen-bond donors (Lipinski definition) is 0. The van der Waals surface area contributed by atoms with Gasteiger partial charge in [0.2, 0.25) is 5.78 Å². The van der Waals surface area contributed by atoms with Crippen LogP contribution < -0.4 is 18.4 Å². The van der Waals surface area contributed by atoms with Gasteiger partial charge in [0, 0.05) is 11.1 Å². The Morgan fingerprint density at radius 1 is 0.906 bits per heavy atom. The number of carbonyl (C=O) groups excluding carboxylic acids is 1. The van der Waals surface area contributed by atoms with Gasteiger partial charge in [-0.15, -0.1) is 0 Å². The standard InChI is InChI=1S/C23H17ClO7S/c1-28-19-10-3-14(11-21(19)29-2)12-22-23(25)18-9-6-16(13-20(18)30-22)31-32(26,27)17-7-4-15(24)5-8-17/h3-13H,1-2H3/b22-12-. The third kappa shape index (κ3) is 4.28. The van der Waals surface area contributed by atoms with Crippen molar-refractivity contribution in [3.63, 3.8) is 0 Å². The molecule has 1 heterocycles. The van der Waals surface area contributed by atoms with E-state index in [2.05, 4.69) is 0 Å². The minimum absolute atomic E-state index is 0.0128. The van der Waals surface area contributed by atoms with Crippen molar-refractivity contribution in [2.75, 3.05) is 14.2 Å². The SMILES string of the molecule is COc1ccc(/C=C2\Oc3cc(OS(=O)(=O)c4ccc(Cl)cc4)ccc3C2=O)cc1OC. The summed E-state index contributed by atoms with van der Waals surface area (Å²) >= 11 is 5.80. The molecule has 4 rings (SSSR count).